The van der Waals surface area contributed by atoms with Crippen LogP contribution in [0.5, 0.6) is 0 Å². The zero-order valence-corrected chi connectivity index (χ0v) is 8.95. The van der Waals surface area contributed by atoms with Crippen LogP contribution in [0, 0.1) is 8.98 Å². The Morgan fingerprint density at radius 2 is 2.58 bits per heavy atom. The van der Waals surface area contributed by atoms with Crippen molar-refractivity contribution >= 4 is 28.4 Å². The van der Waals surface area contributed by atoms with Gasteiger partial charge in [-0.2, -0.15) is 5.10 Å². The predicted octanol–water partition coefficient (Wildman–Crippen LogP) is 1.37. The molecule has 4 nitrogen and oxygen atoms in total. The summed E-state index contributed by atoms with van der Waals surface area (Å²) in [5.74, 6) is 0.164. The summed E-state index contributed by atoms with van der Waals surface area (Å²) in [7, 11) is 0. The van der Waals surface area contributed by atoms with Gasteiger partial charge in [0.25, 0.3) is 0 Å². The summed E-state index contributed by atoms with van der Waals surface area (Å²) in [4.78, 5) is 0. The molecule has 3 N–H and O–H groups in total. The molecular formula is C7H11IN4. The summed E-state index contributed by atoms with van der Waals surface area (Å²) in [6.07, 6.45) is 4.44. The SMILES string of the molecule is CCC(C(=N)N)n1cc(I)cn1. The van der Waals surface area contributed by atoms with Gasteiger partial charge >= 0.3 is 0 Å². The van der Waals surface area contributed by atoms with Crippen molar-refractivity contribution in [2.75, 3.05) is 0 Å². The van der Waals surface area contributed by atoms with Gasteiger partial charge in [0, 0.05) is 6.20 Å². The summed E-state index contributed by atoms with van der Waals surface area (Å²) >= 11 is 2.18. The molecule has 1 aromatic heterocycles. The lowest BCUT2D eigenvalue weighted by Gasteiger charge is -2.12. The molecule has 0 amide bonds. The minimum atomic E-state index is -0.0893. The summed E-state index contributed by atoms with van der Waals surface area (Å²) in [5.41, 5.74) is 5.41. The quantitative estimate of drug-likeness (QED) is 0.498. The molecule has 0 spiro atoms. The fourth-order valence-electron chi connectivity index (χ4n) is 1.03. The number of nitrogens with one attached hydrogen (secondary N) is 1. The molecule has 0 radical (unpaired) electrons. The van der Waals surface area contributed by atoms with Gasteiger partial charge in [-0.15, -0.1) is 0 Å². The van der Waals surface area contributed by atoms with Crippen LogP contribution in [0.1, 0.15) is 19.4 Å². The molecule has 12 heavy (non-hydrogen) atoms. The van der Waals surface area contributed by atoms with Crippen LogP contribution in [0.3, 0.4) is 0 Å². The second kappa shape index (κ2) is 3.88. The number of hydrogen-bond donors (Lipinski definition) is 2. The number of aromatic nitrogens is 2. The Morgan fingerprint density at radius 1 is 1.92 bits per heavy atom. The maximum absolute atomic E-state index is 7.31. The van der Waals surface area contributed by atoms with E-state index >= 15 is 0 Å². The Hall–Kier alpha value is -0.590. The van der Waals surface area contributed by atoms with Gasteiger partial charge in [-0.05, 0) is 29.0 Å². The fraction of sp³-hybridized carbons (Fsp3) is 0.429. The Kier molecular flexibility index (Phi) is 3.07. The number of amidine groups is 1. The van der Waals surface area contributed by atoms with E-state index in [-0.39, 0.29) is 11.9 Å². The molecule has 0 aromatic carbocycles. The van der Waals surface area contributed by atoms with E-state index in [0.29, 0.717) is 0 Å². The van der Waals surface area contributed by atoms with Crippen molar-refractivity contribution < 1.29 is 0 Å². The van der Waals surface area contributed by atoms with Crippen molar-refractivity contribution in [2.24, 2.45) is 5.73 Å². The van der Waals surface area contributed by atoms with Crippen molar-refractivity contribution in [3.05, 3.63) is 16.0 Å². The maximum atomic E-state index is 7.31. The third kappa shape index (κ3) is 1.96. The Bertz CT molecular complexity index is 281. The Morgan fingerprint density at radius 3 is 2.92 bits per heavy atom. The third-order valence-electron chi connectivity index (χ3n) is 1.64. The van der Waals surface area contributed by atoms with E-state index in [1.807, 2.05) is 13.1 Å². The monoisotopic (exact) mass is 278 g/mol. The lowest BCUT2D eigenvalue weighted by molar-refractivity contribution is 0.546. The van der Waals surface area contributed by atoms with Crippen LogP contribution in [0.25, 0.3) is 0 Å². The van der Waals surface area contributed by atoms with Crippen molar-refractivity contribution in [1.82, 2.24) is 9.78 Å². The van der Waals surface area contributed by atoms with Crippen molar-refractivity contribution in [3.63, 3.8) is 0 Å². The molecule has 0 bridgehead atoms. The molecule has 1 aromatic rings. The summed E-state index contributed by atoms with van der Waals surface area (Å²) < 4.78 is 2.79. The van der Waals surface area contributed by atoms with Gasteiger partial charge in [0.1, 0.15) is 11.9 Å². The zero-order valence-electron chi connectivity index (χ0n) is 6.79. The highest BCUT2D eigenvalue weighted by molar-refractivity contribution is 14.1. The molecule has 1 heterocycles. The molecule has 0 aliphatic heterocycles. The maximum Gasteiger partial charge on any atom is 0.116 e. The van der Waals surface area contributed by atoms with Gasteiger partial charge in [0.15, 0.2) is 0 Å². The van der Waals surface area contributed by atoms with Crippen LogP contribution in [0.4, 0.5) is 0 Å². The van der Waals surface area contributed by atoms with Gasteiger partial charge in [-0.1, -0.05) is 6.92 Å². The van der Waals surface area contributed by atoms with Crippen LogP contribution in [-0.2, 0) is 0 Å². The molecule has 0 saturated heterocycles. The first-order valence-electron chi connectivity index (χ1n) is 3.68. The first kappa shape index (κ1) is 9.50. The highest BCUT2D eigenvalue weighted by Gasteiger charge is 2.11. The van der Waals surface area contributed by atoms with E-state index in [4.69, 9.17) is 11.1 Å². The van der Waals surface area contributed by atoms with Crippen molar-refractivity contribution in [1.29, 1.82) is 5.41 Å². The topological polar surface area (TPSA) is 67.7 Å². The van der Waals surface area contributed by atoms with Gasteiger partial charge in [-0.25, -0.2) is 0 Å². The smallest absolute Gasteiger partial charge is 0.116 e. The largest absolute Gasteiger partial charge is 0.386 e. The lowest BCUT2D eigenvalue weighted by Crippen LogP contribution is -2.25. The van der Waals surface area contributed by atoms with E-state index in [9.17, 15) is 0 Å². The number of hydrogen-bond acceptors (Lipinski definition) is 2. The Labute approximate surface area is 84.8 Å². The summed E-state index contributed by atoms with van der Waals surface area (Å²) in [6.45, 7) is 1.99. The Balaban J connectivity index is 2.87. The molecule has 0 fully saturated rings. The zero-order chi connectivity index (χ0) is 9.14. The van der Waals surface area contributed by atoms with Crippen LogP contribution >= 0.6 is 22.6 Å². The normalized spacial score (nSPS) is 12.8. The summed E-state index contributed by atoms with van der Waals surface area (Å²) in [5, 5.41) is 11.4. The van der Waals surface area contributed by atoms with E-state index in [1.54, 1.807) is 10.9 Å². The van der Waals surface area contributed by atoms with E-state index in [0.717, 1.165) is 9.99 Å². The van der Waals surface area contributed by atoms with Gasteiger partial charge in [-0.3, -0.25) is 10.1 Å². The van der Waals surface area contributed by atoms with Crippen LogP contribution in [0.2, 0.25) is 0 Å². The molecule has 0 aliphatic carbocycles. The van der Waals surface area contributed by atoms with Crippen LogP contribution in [0.15, 0.2) is 12.4 Å². The molecule has 0 aliphatic rings. The van der Waals surface area contributed by atoms with E-state index < -0.39 is 0 Å². The van der Waals surface area contributed by atoms with Crippen molar-refractivity contribution in [2.45, 2.75) is 19.4 Å². The van der Waals surface area contributed by atoms with Gasteiger partial charge < -0.3 is 5.73 Å². The molecule has 66 valence electrons. The number of nitrogens with zero attached hydrogens (tertiary/aromatic N) is 2. The number of halogens is 1. The summed E-state index contributed by atoms with van der Waals surface area (Å²) in [6, 6.07) is -0.0893. The van der Waals surface area contributed by atoms with E-state index in [1.165, 1.54) is 0 Å². The average molecular weight is 278 g/mol. The van der Waals surface area contributed by atoms with E-state index in [2.05, 4.69) is 27.7 Å². The first-order valence-corrected chi connectivity index (χ1v) is 4.76. The molecule has 1 unspecified atom stereocenters. The standard InChI is InChI=1S/C7H11IN4/c1-2-6(7(9)10)12-4-5(8)3-11-12/h3-4,6H,2H2,1H3,(H3,9,10). The van der Waals surface area contributed by atoms with Crippen LogP contribution in [-0.4, -0.2) is 15.6 Å². The minimum Gasteiger partial charge on any atom is -0.386 e. The fourth-order valence-corrected chi connectivity index (χ4v) is 1.44. The predicted molar refractivity (Wildman–Crippen MR) is 56.2 cm³/mol. The number of nitrogens with two attached hydrogens (primary N) is 1. The minimum absolute atomic E-state index is 0.0893. The second-order valence-electron chi connectivity index (χ2n) is 2.52. The highest BCUT2D eigenvalue weighted by Crippen LogP contribution is 2.11. The third-order valence-corrected chi connectivity index (χ3v) is 2.19. The van der Waals surface area contributed by atoms with Gasteiger partial charge in [0.05, 0.1) is 9.77 Å². The molecule has 1 rings (SSSR count). The molecule has 1 atom stereocenters. The molecular weight excluding hydrogens is 267 g/mol. The van der Waals surface area contributed by atoms with Crippen molar-refractivity contribution in [3.8, 4) is 0 Å². The number of rotatable bonds is 3. The second-order valence-corrected chi connectivity index (χ2v) is 3.76. The highest BCUT2D eigenvalue weighted by atomic mass is 127. The molecule has 5 heteroatoms. The first-order chi connectivity index (χ1) is 5.65. The molecule has 0 saturated carbocycles. The van der Waals surface area contributed by atoms with Crippen LogP contribution < -0.4 is 5.73 Å². The average Bonchev–Trinajstić information content (AvgIpc) is 2.37. The lowest BCUT2D eigenvalue weighted by atomic mass is 10.2. The van der Waals surface area contributed by atoms with Gasteiger partial charge in [0.2, 0.25) is 0 Å².